The zero-order chi connectivity index (χ0) is 23.9. The maximum Gasteiger partial charge on any atom is 0.132 e. The van der Waals surface area contributed by atoms with Crippen molar-refractivity contribution in [2.75, 3.05) is 10.6 Å². The number of aliphatic hydroxyl groups is 3. The first-order chi connectivity index (χ1) is 15.5. The van der Waals surface area contributed by atoms with E-state index in [4.69, 9.17) is 0 Å². The Morgan fingerprint density at radius 1 is 1.00 bits per heavy atom. The number of hydrogen-bond acceptors (Lipinski definition) is 9. The maximum absolute atomic E-state index is 10.7. The topological polar surface area (TPSA) is 123 Å². The number of rotatable bonds is 6. The second-order valence-electron chi connectivity index (χ2n) is 9.40. The van der Waals surface area contributed by atoms with Crippen LogP contribution in [0.15, 0.2) is 29.8 Å². The van der Waals surface area contributed by atoms with Gasteiger partial charge in [0, 0.05) is 52.0 Å². The molecule has 9 heteroatoms. The normalized spacial score (nSPS) is 23.0. The van der Waals surface area contributed by atoms with Crippen LogP contribution < -0.4 is 10.6 Å². The predicted molar refractivity (Wildman–Crippen MR) is 131 cm³/mol. The number of nitrogens with one attached hydrogen (secondary N) is 2. The molecule has 176 valence electrons. The van der Waals surface area contributed by atoms with Gasteiger partial charge in [-0.3, -0.25) is 4.98 Å². The van der Waals surface area contributed by atoms with E-state index in [2.05, 4.69) is 25.6 Å². The van der Waals surface area contributed by atoms with E-state index >= 15 is 0 Å². The number of pyridine rings is 2. The van der Waals surface area contributed by atoms with Crippen molar-refractivity contribution in [1.29, 1.82) is 0 Å². The largest absolute Gasteiger partial charge is 0.390 e. The highest BCUT2D eigenvalue weighted by Crippen LogP contribution is 2.39. The van der Waals surface area contributed by atoms with Gasteiger partial charge in [0.25, 0.3) is 0 Å². The van der Waals surface area contributed by atoms with Gasteiger partial charge in [0.15, 0.2) is 0 Å². The molecule has 0 spiro atoms. The lowest BCUT2D eigenvalue weighted by molar-refractivity contribution is -0.0601. The minimum Gasteiger partial charge on any atom is -0.390 e. The average molecular weight is 470 g/mol. The van der Waals surface area contributed by atoms with E-state index in [1.807, 2.05) is 44.4 Å². The van der Waals surface area contributed by atoms with Crippen molar-refractivity contribution >= 4 is 28.5 Å². The Morgan fingerprint density at radius 2 is 1.70 bits per heavy atom. The van der Waals surface area contributed by atoms with Crippen molar-refractivity contribution in [3.8, 4) is 10.6 Å². The molecule has 5 N–H and O–H groups in total. The van der Waals surface area contributed by atoms with Crippen LogP contribution >= 0.6 is 11.3 Å². The number of aliphatic hydroxyl groups excluding tert-OH is 2. The van der Waals surface area contributed by atoms with E-state index < -0.39 is 29.8 Å². The van der Waals surface area contributed by atoms with Crippen molar-refractivity contribution in [3.05, 3.63) is 46.9 Å². The van der Waals surface area contributed by atoms with E-state index in [0.29, 0.717) is 12.2 Å². The highest BCUT2D eigenvalue weighted by Gasteiger charge is 2.47. The third kappa shape index (κ3) is 5.16. The summed E-state index contributed by atoms with van der Waals surface area (Å²) in [6.45, 7) is 9.14. The minimum atomic E-state index is -1.10. The fourth-order valence-corrected chi connectivity index (χ4v) is 5.25. The second kappa shape index (κ2) is 8.98. The molecule has 8 nitrogen and oxygen atoms in total. The number of aromatic nitrogens is 3. The van der Waals surface area contributed by atoms with Crippen LogP contribution in [-0.4, -0.2) is 54.1 Å². The SMILES string of the molecule is Cc1cc(Nc2cc(N[C@@H]3C[C@H](C(C)(C)O)[C@@H](O)[C@H]3O)c(-c3nc(C)cs3)cn2)cc(C)n1. The number of aryl methyl sites for hydroxylation is 3. The van der Waals surface area contributed by atoms with Crippen LogP contribution in [-0.2, 0) is 0 Å². The summed E-state index contributed by atoms with van der Waals surface area (Å²) in [5, 5.41) is 41.2. The number of nitrogens with zero attached hydrogens (tertiary/aromatic N) is 3. The summed E-state index contributed by atoms with van der Waals surface area (Å²) in [5.74, 6) is 0.185. The summed E-state index contributed by atoms with van der Waals surface area (Å²) in [6.07, 6.45) is 0.156. The molecule has 1 aliphatic rings. The number of anilines is 3. The predicted octanol–water partition coefficient (Wildman–Crippen LogP) is 3.56. The third-order valence-corrected chi connectivity index (χ3v) is 7.03. The van der Waals surface area contributed by atoms with E-state index in [0.717, 1.165) is 39.0 Å². The quantitative estimate of drug-likeness (QED) is 0.371. The Balaban J connectivity index is 1.67. The molecule has 1 saturated carbocycles. The van der Waals surface area contributed by atoms with E-state index in [-0.39, 0.29) is 0 Å². The first-order valence-electron chi connectivity index (χ1n) is 11.0. The van der Waals surface area contributed by atoms with Crippen LogP contribution in [0.1, 0.15) is 37.4 Å². The maximum atomic E-state index is 10.7. The molecule has 1 fully saturated rings. The molecule has 4 rings (SSSR count). The summed E-state index contributed by atoms with van der Waals surface area (Å²) < 4.78 is 0. The lowest BCUT2D eigenvalue weighted by Gasteiger charge is -2.28. The van der Waals surface area contributed by atoms with Crippen molar-refractivity contribution in [3.63, 3.8) is 0 Å². The molecule has 0 amide bonds. The molecule has 3 heterocycles. The summed E-state index contributed by atoms with van der Waals surface area (Å²) in [7, 11) is 0. The Hall–Kier alpha value is -2.59. The number of hydrogen-bond donors (Lipinski definition) is 5. The molecule has 0 bridgehead atoms. The van der Waals surface area contributed by atoms with Gasteiger partial charge in [-0.2, -0.15) is 0 Å². The molecular weight excluding hydrogens is 438 g/mol. The van der Waals surface area contributed by atoms with Gasteiger partial charge >= 0.3 is 0 Å². The summed E-state index contributed by atoms with van der Waals surface area (Å²) in [6, 6.07) is 5.35. The standard InChI is InChI=1S/C24H31N5O3S/c1-12-6-15(7-13(2)26-12)28-20-9-18(16(10-25-20)23-27-14(3)11-33-23)29-19-8-17(24(4,5)32)21(30)22(19)31/h6-7,9-11,17,19,21-22,30-32H,8H2,1-5H3,(H2,25,26,28,29)/t17-,19+,21+,22-/m0/s1. The minimum absolute atomic E-state index is 0.427. The van der Waals surface area contributed by atoms with Crippen LogP contribution in [0.4, 0.5) is 17.2 Å². The van der Waals surface area contributed by atoms with Gasteiger partial charge in [-0.15, -0.1) is 11.3 Å². The molecule has 0 radical (unpaired) electrons. The molecule has 1 aliphatic carbocycles. The summed E-state index contributed by atoms with van der Waals surface area (Å²) >= 11 is 1.52. The zero-order valence-electron chi connectivity index (χ0n) is 19.5. The van der Waals surface area contributed by atoms with Crippen LogP contribution in [0.5, 0.6) is 0 Å². The van der Waals surface area contributed by atoms with Crippen LogP contribution in [0.2, 0.25) is 0 Å². The van der Waals surface area contributed by atoms with Gasteiger partial charge in [0.1, 0.15) is 16.9 Å². The Kier molecular flexibility index (Phi) is 6.41. The molecule has 0 saturated heterocycles. The van der Waals surface area contributed by atoms with Gasteiger partial charge in [0.05, 0.1) is 23.3 Å². The van der Waals surface area contributed by atoms with Gasteiger partial charge in [-0.25, -0.2) is 9.97 Å². The van der Waals surface area contributed by atoms with E-state index in [1.54, 1.807) is 20.0 Å². The smallest absolute Gasteiger partial charge is 0.132 e. The van der Waals surface area contributed by atoms with Gasteiger partial charge < -0.3 is 26.0 Å². The third-order valence-electron chi connectivity index (χ3n) is 6.04. The summed E-state index contributed by atoms with van der Waals surface area (Å²) in [4.78, 5) is 13.6. The van der Waals surface area contributed by atoms with Gasteiger partial charge in [-0.05, 0) is 53.2 Å². The van der Waals surface area contributed by atoms with Crippen LogP contribution in [0.25, 0.3) is 10.6 Å². The molecule has 0 unspecified atom stereocenters. The van der Waals surface area contributed by atoms with Crippen molar-refractivity contribution in [2.24, 2.45) is 5.92 Å². The molecular formula is C24H31N5O3S. The molecule has 0 aromatic carbocycles. The van der Waals surface area contributed by atoms with Crippen molar-refractivity contribution in [2.45, 2.75) is 64.9 Å². The van der Waals surface area contributed by atoms with Crippen LogP contribution in [0, 0.1) is 26.7 Å². The molecule has 3 aromatic rings. The first kappa shape index (κ1) is 23.6. The fraction of sp³-hybridized carbons (Fsp3) is 0.458. The highest BCUT2D eigenvalue weighted by molar-refractivity contribution is 7.13. The van der Waals surface area contributed by atoms with Crippen molar-refractivity contribution < 1.29 is 15.3 Å². The average Bonchev–Trinajstić information content (AvgIpc) is 3.26. The number of thiazole rings is 1. The molecule has 0 aliphatic heterocycles. The summed E-state index contributed by atoms with van der Waals surface area (Å²) in [5.41, 5.74) is 4.08. The first-order valence-corrected chi connectivity index (χ1v) is 11.9. The van der Waals surface area contributed by atoms with Crippen molar-refractivity contribution in [1.82, 2.24) is 15.0 Å². The Labute approximate surface area is 197 Å². The molecule has 4 atom stereocenters. The monoisotopic (exact) mass is 469 g/mol. The lowest BCUT2D eigenvalue weighted by atomic mass is 9.88. The van der Waals surface area contributed by atoms with Gasteiger partial charge in [-0.1, -0.05) is 0 Å². The fourth-order valence-electron chi connectivity index (χ4n) is 4.42. The zero-order valence-corrected chi connectivity index (χ0v) is 20.3. The Bertz CT molecular complexity index is 1120. The highest BCUT2D eigenvalue weighted by atomic mass is 32.1. The van der Waals surface area contributed by atoms with Gasteiger partial charge in [0.2, 0.25) is 0 Å². The molecule has 33 heavy (non-hydrogen) atoms. The lowest BCUT2D eigenvalue weighted by Crippen LogP contribution is -2.40. The van der Waals surface area contributed by atoms with Crippen LogP contribution in [0.3, 0.4) is 0 Å². The van der Waals surface area contributed by atoms with E-state index in [9.17, 15) is 15.3 Å². The van der Waals surface area contributed by atoms with E-state index in [1.165, 1.54) is 11.3 Å². The molecule has 3 aromatic heterocycles. The second-order valence-corrected chi connectivity index (χ2v) is 10.3. The Morgan fingerprint density at radius 3 is 2.27 bits per heavy atom.